The van der Waals surface area contributed by atoms with Crippen LogP contribution in [0.5, 0.6) is 0 Å². The van der Waals surface area contributed by atoms with Crippen molar-refractivity contribution < 1.29 is 0 Å². The first kappa shape index (κ1) is 11.1. The quantitative estimate of drug-likeness (QED) is 0.769. The maximum atomic E-state index is 6.38. The molecule has 1 nitrogen and oxygen atoms in total. The molecule has 0 radical (unpaired) electrons. The minimum Gasteiger partial charge on any atom is -0.316 e. The van der Waals surface area contributed by atoms with Gasteiger partial charge in [0, 0.05) is 23.5 Å². The van der Waals surface area contributed by atoms with E-state index in [9.17, 15) is 0 Å². The van der Waals surface area contributed by atoms with E-state index < -0.39 is 0 Å². The Bertz CT molecular complexity index is 446. The van der Waals surface area contributed by atoms with E-state index in [4.69, 9.17) is 11.6 Å². The average Bonchev–Trinajstić information content (AvgIpc) is 2.65. The van der Waals surface area contributed by atoms with E-state index in [-0.39, 0.29) is 0 Å². The van der Waals surface area contributed by atoms with E-state index >= 15 is 0 Å². The van der Waals surface area contributed by atoms with Crippen LogP contribution < -0.4 is 5.32 Å². The summed E-state index contributed by atoms with van der Waals surface area (Å²) in [6.07, 6.45) is 2.36. The van der Waals surface area contributed by atoms with Gasteiger partial charge in [0.15, 0.2) is 0 Å². The molecule has 1 heterocycles. The Morgan fingerprint density at radius 2 is 2.31 bits per heavy atom. The van der Waals surface area contributed by atoms with Gasteiger partial charge >= 0.3 is 0 Å². The topological polar surface area (TPSA) is 12.0 Å². The monoisotopic (exact) mass is 299 g/mol. The minimum absolute atomic E-state index is 0.435. The van der Waals surface area contributed by atoms with E-state index in [0.29, 0.717) is 11.3 Å². The fraction of sp³-hybridized carbons (Fsp3) is 0.538. The molecule has 1 aromatic carbocycles. The largest absolute Gasteiger partial charge is 0.316 e. The summed E-state index contributed by atoms with van der Waals surface area (Å²) in [5.74, 6) is 0.641. The third-order valence-corrected chi connectivity index (χ3v) is 5.59. The van der Waals surface area contributed by atoms with Gasteiger partial charge in [0.25, 0.3) is 0 Å². The van der Waals surface area contributed by atoms with E-state index in [1.807, 2.05) is 0 Å². The van der Waals surface area contributed by atoms with Crippen molar-refractivity contribution in [2.24, 2.45) is 5.41 Å². The fourth-order valence-electron chi connectivity index (χ4n) is 3.22. The number of hydrogen-bond donors (Lipinski definition) is 1. The van der Waals surface area contributed by atoms with Crippen LogP contribution in [0.25, 0.3) is 0 Å². The highest BCUT2D eigenvalue weighted by Crippen LogP contribution is 2.49. The summed E-state index contributed by atoms with van der Waals surface area (Å²) in [6.45, 7) is 4.64. The van der Waals surface area contributed by atoms with Gasteiger partial charge in [-0.3, -0.25) is 0 Å². The molecule has 16 heavy (non-hydrogen) atoms. The molecule has 1 aliphatic carbocycles. The second-order valence-electron chi connectivity index (χ2n) is 5.27. The molecule has 3 heteroatoms. The number of hydrogen-bond acceptors (Lipinski definition) is 1. The van der Waals surface area contributed by atoms with Gasteiger partial charge in [-0.1, -0.05) is 24.6 Å². The smallest absolute Gasteiger partial charge is 0.0582 e. The van der Waals surface area contributed by atoms with Gasteiger partial charge in [-0.2, -0.15) is 0 Å². The molecule has 1 aromatic rings. The lowest BCUT2D eigenvalue weighted by atomic mass is 9.67. The van der Waals surface area contributed by atoms with Crippen molar-refractivity contribution in [3.63, 3.8) is 0 Å². The normalized spacial score (nSPS) is 32.3. The Morgan fingerprint density at radius 3 is 3.12 bits per heavy atom. The second-order valence-corrected chi connectivity index (χ2v) is 6.50. The van der Waals surface area contributed by atoms with Crippen molar-refractivity contribution in [1.82, 2.24) is 5.32 Å². The molecule has 0 bridgehead atoms. The van der Waals surface area contributed by atoms with E-state index in [0.717, 1.165) is 29.0 Å². The van der Waals surface area contributed by atoms with Gasteiger partial charge in [-0.25, -0.2) is 0 Å². The van der Waals surface area contributed by atoms with Crippen molar-refractivity contribution >= 4 is 27.5 Å². The number of benzene rings is 1. The minimum atomic E-state index is 0.435. The molecule has 1 aliphatic heterocycles. The molecule has 0 aromatic heterocycles. The van der Waals surface area contributed by atoms with Crippen LogP contribution in [0, 0.1) is 5.41 Å². The third kappa shape index (κ3) is 1.47. The molecule has 0 unspecified atom stereocenters. The summed E-state index contributed by atoms with van der Waals surface area (Å²) in [5, 5.41) is 4.45. The predicted molar refractivity (Wildman–Crippen MR) is 71.2 cm³/mol. The van der Waals surface area contributed by atoms with Crippen LogP contribution in [0.15, 0.2) is 16.6 Å². The van der Waals surface area contributed by atoms with Gasteiger partial charge in [-0.05, 0) is 51.4 Å². The first-order chi connectivity index (χ1) is 7.62. The van der Waals surface area contributed by atoms with Crippen molar-refractivity contribution in [3.8, 4) is 0 Å². The van der Waals surface area contributed by atoms with Gasteiger partial charge in [0.2, 0.25) is 0 Å². The second kappa shape index (κ2) is 3.72. The molecule has 0 saturated carbocycles. The molecular weight excluding hydrogens is 286 g/mol. The molecular formula is C13H15BrClN. The Morgan fingerprint density at radius 1 is 1.50 bits per heavy atom. The Labute approximate surface area is 110 Å². The first-order valence-electron chi connectivity index (χ1n) is 5.79. The molecule has 0 spiro atoms. The maximum absolute atomic E-state index is 6.38. The summed E-state index contributed by atoms with van der Waals surface area (Å²) >= 11 is 9.89. The first-order valence-corrected chi connectivity index (χ1v) is 6.96. The van der Waals surface area contributed by atoms with Gasteiger partial charge in [0.05, 0.1) is 5.02 Å². The number of halogens is 2. The van der Waals surface area contributed by atoms with Crippen LogP contribution in [0.2, 0.25) is 5.02 Å². The van der Waals surface area contributed by atoms with Crippen LogP contribution in [0.3, 0.4) is 0 Å². The summed E-state index contributed by atoms with van der Waals surface area (Å²) in [5.41, 5.74) is 3.26. The Balaban J connectivity index is 2.14. The standard InChI is InChI=1S/C13H15BrClN/c1-13-5-4-9-8(10(13)6-16-7-13)2-3-11(14)12(9)15/h2-3,10,16H,4-7H2,1H3/t10-,13-/m1/s1. The van der Waals surface area contributed by atoms with Crippen molar-refractivity contribution in [2.45, 2.75) is 25.7 Å². The van der Waals surface area contributed by atoms with Gasteiger partial charge < -0.3 is 5.32 Å². The molecule has 2 atom stereocenters. The highest BCUT2D eigenvalue weighted by Gasteiger charge is 2.43. The average molecular weight is 301 g/mol. The van der Waals surface area contributed by atoms with Crippen LogP contribution in [0.4, 0.5) is 0 Å². The molecule has 1 N–H and O–H groups in total. The van der Waals surface area contributed by atoms with Crippen LogP contribution in [-0.4, -0.2) is 13.1 Å². The lowest BCUT2D eigenvalue weighted by Crippen LogP contribution is -2.30. The molecule has 86 valence electrons. The zero-order valence-electron chi connectivity index (χ0n) is 9.32. The lowest BCUT2D eigenvalue weighted by molar-refractivity contribution is 0.277. The zero-order valence-corrected chi connectivity index (χ0v) is 11.7. The van der Waals surface area contributed by atoms with Crippen molar-refractivity contribution in [3.05, 3.63) is 32.8 Å². The van der Waals surface area contributed by atoms with E-state index in [1.165, 1.54) is 17.5 Å². The number of fused-ring (bicyclic) bond motifs is 3. The Kier molecular flexibility index (Phi) is 2.58. The van der Waals surface area contributed by atoms with Gasteiger partial charge in [0.1, 0.15) is 0 Å². The summed E-state index contributed by atoms with van der Waals surface area (Å²) in [7, 11) is 0. The molecule has 0 amide bonds. The van der Waals surface area contributed by atoms with Crippen LogP contribution in [0.1, 0.15) is 30.4 Å². The molecule has 3 rings (SSSR count). The molecule has 2 aliphatic rings. The maximum Gasteiger partial charge on any atom is 0.0582 e. The van der Waals surface area contributed by atoms with Gasteiger partial charge in [-0.15, -0.1) is 0 Å². The third-order valence-electron chi connectivity index (χ3n) is 4.27. The van der Waals surface area contributed by atoms with Crippen molar-refractivity contribution in [2.75, 3.05) is 13.1 Å². The zero-order chi connectivity index (χ0) is 11.3. The molecule has 1 fully saturated rings. The van der Waals surface area contributed by atoms with E-state index in [2.05, 4.69) is 40.3 Å². The molecule has 1 saturated heterocycles. The van der Waals surface area contributed by atoms with Crippen LogP contribution >= 0.6 is 27.5 Å². The predicted octanol–water partition coefficient (Wildman–Crippen LogP) is 3.74. The SMILES string of the molecule is C[C@]12CCc3c(ccc(Br)c3Cl)[C@H]1CNC2. The summed E-state index contributed by atoms with van der Waals surface area (Å²) < 4.78 is 1.03. The fourth-order valence-corrected chi connectivity index (χ4v) is 3.86. The van der Waals surface area contributed by atoms with Crippen LogP contribution in [-0.2, 0) is 6.42 Å². The Hall–Kier alpha value is -0.0500. The number of nitrogens with one attached hydrogen (secondary N) is 1. The van der Waals surface area contributed by atoms with Crippen molar-refractivity contribution in [1.29, 1.82) is 0 Å². The number of rotatable bonds is 0. The highest BCUT2D eigenvalue weighted by molar-refractivity contribution is 9.10. The highest BCUT2D eigenvalue weighted by atomic mass is 79.9. The summed E-state index contributed by atoms with van der Waals surface area (Å²) in [6, 6.07) is 4.34. The van der Waals surface area contributed by atoms with E-state index in [1.54, 1.807) is 0 Å². The lowest BCUT2D eigenvalue weighted by Gasteiger charge is -2.37. The summed E-state index contributed by atoms with van der Waals surface area (Å²) in [4.78, 5) is 0.